The number of ether oxygens (including phenoxy) is 2. The fourth-order valence-corrected chi connectivity index (χ4v) is 4.55. The van der Waals surface area contributed by atoms with E-state index in [2.05, 4.69) is 5.32 Å². The first-order valence-electron chi connectivity index (χ1n) is 8.88. The minimum absolute atomic E-state index is 0.0648. The molecule has 1 aliphatic rings. The Hall–Kier alpha value is -1.84. The van der Waals surface area contributed by atoms with Crippen molar-refractivity contribution in [2.24, 2.45) is 0 Å². The van der Waals surface area contributed by atoms with Crippen molar-refractivity contribution in [1.82, 2.24) is 4.31 Å². The second-order valence-corrected chi connectivity index (χ2v) is 9.15. The molecule has 1 N–H and O–H groups in total. The molecule has 0 spiro atoms. The zero-order valence-corrected chi connectivity index (χ0v) is 17.9. The molecular formula is C19H20Cl2N2O5S. The van der Waals surface area contributed by atoms with Crippen molar-refractivity contribution in [3.63, 3.8) is 0 Å². The maximum atomic E-state index is 12.7. The zero-order chi connectivity index (χ0) is 21.0. The van der Waals surface area contributed by atoms with Gasteiger partial charge in [-0.15, -0.1) is 0 Å². The van der Waals surface area contributed by atoms with Crippen molar-refractivity contribution < 1.29 is 22.7 Å². The molecule has 0 aliphatic carbocycles. The SMILES string of the molecule is CC(Oc1ccc(S(=O)(=O)N2CCOCC2)cc1Cl)C(=O)Nc1ccc(Cl)cc1. The number of sulfonamides is 1. The van der Waals surface area contributed by atoms with E-state index in [0.29, 0.717) is 37.0 Å². The first-order valence-corrected chi connectivity index (χ1v) is 11.1. The van der Waals surface area contributed by atoms with Gasteiger partial charge in [-0.25, -0.2) is 8.42 Å². The van der Waals surface area contributed by atoms with Crippen LogP contribution in [0, 0.1) is 0 Å². The third-order valence-electron chi connectivity index (χ3n) is 4.30. The summed E-state index contributed by atoms with van der Waals surface area (Å²) >= 11 is 12.0. The molecule has 0 bridgehead atoms. The number of carbonyl (C=O) groups is 1. The van der Waals surface area contributed by atoms with E-state index < -0.39 is 16.1 Å². The normalized spacial score (nSPS) is 16.2. The number of carbonyl (C=O) groups excluding carboxylic acids is 1. The summed E-state index contributed by atoms with van der Waals surface area (Å²) in [5.74, 6) is -0.167. The maximum absolute atomic E-state index is 12.7. The van der Waals surface area contributed by atoms with Gasteiger partial charge in [0.2, 0.25) is 10.0 Å². The third-order valence-corrected chi connectivity index (χ3v) is 6.74. The minimum atomic E-state index is -3.67. The maximum Gasteiger partial charge on any atom is 0.265 e. The van der Waals surface area contributed by atoms with Crippen LogP contribution in [0.2, 0.25) is 10.0 Å². The molecule has 156 valence electrons. The Morgan fingerprint density at radius 1 is 1.14 bits per heavy atom. The van der Waals surface area contributed by atoms with Gasteiger partial charge in [-0.3, -0.25) is 4.79 Å². The molecule has 1 atom stereocenters. The first kappa shape index (κ1) is 21.9. The van der Waals surface area contributed by atoms with E-state index in [9.17, 15) is 13.2 Å². The highest BCUT2D eigenvalue weighted by Crippen LogP contribution is 2.30. The van der Waals surface area contributed by atoms with Gasteiger partial charge in [0.05, 0.1) is 23.1 Å². The molecule has 3 rings (SSSR count). The summed E-state index contributed by atoms with van der Waals surface area (Å²) in [7, 11) is -3.67. The monoisotopic (exact) mass is 458 g/mol. The van der Waals surface area contributed by atoms with Crippen LogP contribution in [-0.2, 0) is 19.6 Å². The fraction of sp³-hybridized carbons (Fsp3) is 0.316. The summed E-state index contributed by atoms with van der Waals surface area (Å²) in [5.41, 5.74) is 0.577. The molecule has 1 aliphatic heterocycles. The van der Waals surface area contributed by atoms with Crippen molar-refractivity contribution >= 4 is 44.8 Å². The van der Waals surface area contributed by atoms with E-state index >= 15 is 0 Å². The Bertz CT molecular complexity index is 977. The van der Waals surface area contributed by atoms with Gasteiger partial charge in [-0.05, 0) is 49.4 Å². The van der Waals surface area contributed by atoms with Crippen molar-refractivity contribution in [3.8, 4) is 5.75 Å². The molecule has 1 fully saturated rings. The summed E-state index contributed by atoms with van der Waals surface area (Å²) < 4.78 is 37.6. The predicted molar refractivity (Wildman–Crippen MR) is 111 cm³/mol. The molecule has 0 aromatic heterocycles. The van der Waals surface area contributed by atoms with E-state index in [-0.39, 0.29) is 21.6 Å². The van der Waals surface area contributed by atoms with Crippen LogP contribution in [0.1, 0.15) is 6.92 Å². The average molecular weight is 459 g/mol. The topological polar surface area (TPSA) is 84.9 Å². The van der Waals surface area contributed by atoms with Crippen LogP contribution in [0.4, 0.5) is 5.69 Å². The lowest BCUT2D eigenvalue weighted by atomic mass is 10.3. The van der Waals surface area contributed by atoms with Crippen LogP contribution in [0.25, 0.3) is 0 Å². The number of benzene rings is 2. The molecule has 1 unspecified atom stereocenters. The second kappa shape index (κ2) is 9.32. The molecule has 1 amide bonds. The Balaban J connectivity index is 1.68. The van der Waals surface area contributed by atoms with Gasteiger partial charge in [-0.1, -0.05) is 23.2 Å². The standard InChI is InChI=1S/C19H20Cl2N2O5S/c1-13(19(24)22-15-4-2-14(20)3-5-15)28-18-7-6-16(12-17(18)21)29(25,26)23-8-10-27-11-9-23/h2-7,12-13H,8-11H2,1H3,(H,22,24). The lowest BCUT2D eigenvalue weighted by Gasteiger charge is -2.26. The van der Waals surface area contributed by atoms with Gasteiger partial charge in [0.1, 0.15) is 5.75 Å². The highest BCUT2D eigenvalue weighted by atomic mass is 35.5. The van der Waals surface area contributed by atoms with E-state index in [0.717, 1.165) is 0 Å². The van der Waals surface area contributed by atoms with Crippen LogP contribution in [0.3, 0.4) is 0 Å². The molecule has 1 heterocycles. The van der Waals surface area contributed by atoms with Crippen LogP contribution in [0.15, 0.2) is 47.4 Å². The van der Waals surface area contributed by atoms with Gasteiger partial charge < -0.3 is 14.8 Å². The van der Waals surface area contributed by atoms with Gasteiger partial charge in [0.25, 0.3) is 5.91 Å². The van der Waals surface area contributed by atoms with E-state index in [1.165, 1.54) is 22.5 Å². The van der Waals surface area contributed by atoms with Crippen LogP contribution < -0.4 is 10.1 Å². The van der Waals surface area contributed by atoms with E-state index in [1.54, 1.807) is 31.2 Å². The second-order valence-electron chi connectivity index (χ2n) is 6.36. The molecule has 0 radical (unpaired) electrons. The van der Waals surface area contributed by atoms with Crippen LogP contribution in [0.5, 0.6) is 5.75 Å². The highest BCUT2D eigenvalue weighted by Gasteiger charge is 2.27. The van der Waals surface area contributed by atoms with E-state index in [1.807, 2.05) is 0 Å². The van der Waals surface area contributed by atoms with Crippen LogP contribution in [-0.4, -0.2) is 51.0 Å². The minimum Gasteiger partial charge on any atom is -0.479 e. The number of nitrogens with one attached hydrogen (secondary N) is 1. The number of hydrogen-bond donors (Lipinski definition) is 1. The molecule has 7 nitrogen and oxygen atoms in total. The number of nitrogens with zero attached hydrogens (tertiary/aromatic N) is 1. The van der Waals surface area contributed by atoms with Gasteiger partial charge in [0.15, 0.2) is 6.10 Å². The Labute approximate surface area is 179 Å². The largest absolute Gasteiger partial charge is 0.479 e. The lowest BCUT2D eigenvalue weighted by molar-refractivity contribution is -0.122. The van der Waals surface area contributed by atoms with Gasteiger partial charge in [0, 0.05) is 23.8 Å². The van der Waals surface area contributed by atoms with Gasteiger partial charge in [-0.2, -0.15) is 4.31 Å². The fourth-order valence-electron chi connectivity index (χ4n) is 2.69. The molecule has 2 aromatic rings. The van der Waals surface area contributed by atoms with Crippen molar-refractivity contribution in [3.05, 3.63) is 52.5 Å². The predicted octanol–water partition coefficient (Wildman–Crippen LogP) is 3.42. The molecule has 2 aromatic carbocycles. The summed E-state index contributed by atoms with van der Waals surface area (Å²) in [6.45, 7) is 2.86. The Morgan fingerprint density at radius 3 is 2.41 bits per heavy atom. The van der Waals surface area contributed by atoms with E-state index in [4.69, 9.17) is 32.7 Å². The lowest BCUT2D eigenvalue weighted by Crippen LogP contribution is -2.40. The molecule has 0 saturated carbocycles. The third kappa shape index (κ3) is 5.40. The summed E-state index contributed by atoms with van der Waals surface area (Å²) in [6, 6.07) is 10.8. The van der Waals surface area contributed by atoms with Crippen LogP contribution >= 0.6 is 23.2 Å². The summed E-state index contributed by atoms with van der Waals surface area (Å²) in [4.78, 5) is 12.4. The summed E-state index contributed by atoms with van der Waals surface area (Å²) in [5, 5.41) is 3.37. The molecule has 29 heavy (non-hydrogen) atoms. The number of rotatable bonds is 6. The summed E-state index contributed by atoms with van der Waals surface area (Å²) in [6.07, 6.45) is -0.857. The van der Waals surface area contributed by atoms with Gasteiger partial charge >= 0.3 is 0 Å². The van der Waals surface area contributed by atoms with Crippen molar-refractivity contribution in [2.75, 3.05) is 31.6 Å². The molecule has 1 saturated heterocycles. The Kier molecular flexibility index (Phi) is 7.02. The van der Waals surface area contributed by atoms with Crippen molar-refractivity contribution in [1.29, 1.82) is 0 Å². The Morgan fingerprint density at radius 2 is 1.79 bits per heavy atom. The highest BCUT2D eigenvalue weighted by molar-refractivity contribution is 7.89. The zero-order valence-electron chi connectivity index (χ0n) is 15.6. The number of morpholine rings is 1. The van der Waals surface area contributed by atoms with Crippen molar-refractivity contribution in [2.45, 2.75) is 17.9 Å². The first-order chi connectivity index (χ1) is 13.8. The smallest absolute Gasteiger partial charge is 0.265 e. The molecular weight excluding hydrogens is 439 g/mol. The number of halogens is 2. The quantitative estimate of drug-likeness (QED) is 0.716. The molecule has 10 heteroatoms. The number of anilines is 1. The number of amides is 1. The average Bonchev–Trinajstić information content (AvgIpc) is 2.71. The number of hydrogen-bond acceptors (Lipinski definition) is 5.